The number of hydrogen-bond acceptors (Lipinski definition) is 5. The van der Waals surface area contributed by atoms with Crippen molar-refractivity contribution in [2.75, 3.05) is 32.9 Å². The second kappa shape index (κ2) is 10.6. The van der Waals surface area contributed by atoms with Gasteiger partial charge in [0, 0.05) is 48.6 Å². The minimum atomic E-state index is -1.13. The second-order valence-electron chi connectivity index (χ2n) is 8.46. The van der Waals surface area contributed by atoms with E-state index in [2.05, 4.69) is 4.98 Å². The first-order valence-corrected chi connectivity index (χ1v) is 11.6. The monoisotopic (exact) mass is 521 g/mol. The Morgan fingerprint density at radius 1 is 1.17 bits per heavy atom. The van der Waals surface area contributed by atoms with Crippen LogP contribution in [0.4, 0.5) is 18.0 Å². The lowest BCUT2D eigenvalue weighted by atomic mass is 10.1. The number of phenols is 1. The lowest BCUT2D eigenvalue weighted by Crippen LogP contribution is -2.55. The number of carbonyl (C=O) groups excluding carboxylic acids is 2. The molecule has 2 amide bonds. The number of aromatic nitrogens is 1. The Labute approximate surface area is 210 Å². The summed E-state index contributed by atoms with van der Waals surface area (Å²) in [6, 6.07) is 7.83. The molecule has 0 unspecified atom stereocenters. The molecule has 190 valence electrons. The Balaban J connectivity index is 1.55. The van der Waals surface area contributed by atoms with Crippen LogP contribution in [0.5, 0.6) is 5.75 Å². The average molecular weight is 522 g/mol. The first-order chi connectivity index (χ1) is 17.2. The van der Waals surface area contributed by atoms with E-state index in [-0.39, 0.29) is 60.9 Å². The Morgan fingerprint density at radius 3 is 2.56 bits per heavy atom. The third-order valence-corrected chi connectivity index (χ3v) is 6.28. The Hall–Kier alpha value is -3.53. The molecule has 1 N–H and O–H groups in total. The number of alkyl halides is 1. The number of ether oxygens (including phenoxy) is 1. The summed E-state index contributed by atoms with van der Waals surface area (Å²) in [5.74, 6) is -3.63. The molecule has 2 heterocycles. The number of pyridine rings is 1. The molecule has 0 aliphatic carbocycles. The summed E-state index contributed by atoms with van der Waals surface area (Å²) in [6.07, 6.45) is -0.404. The topological polar surface area (TPSA) is 83.0 Å². The fraction of sp³-hybridized carbons (Fsp3) is 0.320. The summed E-state index contributed by atoms with van der Waals surface area (Å²) < 4.78 is 45.0. The van der Waals surface area contributed by atoms with Crippen LogP contribution in [0, 0.1) is 11.6 Å². The van der Waals surface area contributed by atoms with Gasteiger partial charge in [-0.3, -0.25) is 9.18 Å². The molecule has 2 aromatic carbocycles. The van der Waals surface area contributed by atoms with E-state index in [9.17, 15) is 27.9 Å². The number of halogens is 4. The minimum Gasteiger partial charge on any atom is -0.503 e. The second-order valence-corrected chi connectivity index (χ2v) is 8.87. The van der Waals surface area contributed by atoms with Gasteiger partial charge in [0.2, 0.25) is 0 Å². The highest BCUT2D eigenvalue weighted by Crippen LogP contribution is 2.32. The van der Waals surface area contributed by atoms with Crippen molar-refractivity contribution in [2.24, 2.45) is 0 Å². The number of phenolic OH excluding ortho intramolecular Hbond substituents is 1. The maximum Gasteiger partial charge on any atom is 0.410 e. The van der Waals surface area contributed by atoms with Crippen molar-refractivity contribution in [1.29, 1.82) is 0 Å². The van der Waals surface area contributed by atoms with E-state index in [1.807, 2.05) is 0 Å². The van der Waals surface area contributed by atoms with Crippen molar-refractivity contribution in [2.45, 2.75) is 19.4 Å². The quantitative estimate of drug-likeness (QED) is 0.468. The molecule has 36 heavy (non-hydrogen) atoms. The molecule has 1 atom stereocenters. The predicted octanol–water partition coefficient (Wildman–Crippen LogP) is 5.18. The van der Waals surface area contributed by atoms with Gasteiger partial charge < -0.3 is 19.6 Å². The van der Waals surface area contributed by atoms with Crippen molar-refractivity contribution < 1.29 is 32.6 Å². The SMILES string of the molecule is C[C@@H]1CN(C(=O)c2ccc3c(Cl)cc(-c4cc(F)c(O)c(F)c4)nc3c2)CCN1C(=O)OCCCF. The van der Waals surface area contributed by atoms with Gasteiger partial charge in [-0.15, -0.1) is 0 Å². The highest BCUT2D eigenvalue weighted by atomic mass is 35.5. The fourth-order valence-electron chi connectivity index (χ4n) is 4.07. The number of nitrogens with zero attached hydrogens (tertiary/aromatic N) is 3. The Bertz CT molecular complexity index is 1300. The van der Waals surface area contributed by atoms with Crippen LogP contribution in [0.1, 0.15) is 23.7 Å². The van der Waals surface area contributed by atoms with Crippen LogP contribution in [-0.2, 0) is 4.74 Å². The largest absolute Gasteiger partial charge is 0.503 e. The molecule has 0 saturated carbocycles. The van der Waals surface area contributed by atoms with Gasteiger partial charge in [0.1, 0.15) is 0 Å². The highest BCUT2D eigenvalue weighted by molar-refractivity contribution is 6.35. The van der Waals surface area contributed by atoms with Gasteiger partial charge in [0.25, 0.3) is 5.91 Å². The van der Waals surface area contributed by atoms with E-state index in [0.29, 0.717) is 16.5 Å². The molecule has 1 fully saturated rings. The zero-order valence-electron chi connectivity index (χ0n) is 19.3. The molecule has 0 spiro atoms. The summed E-state index contributed by atoms with van der Waals surface area (Å²) in [4.78, 5) is 33.0. The number of benzene rings is 2. The standard InChI is InChI=1S/C25H23ClF3N3O4/c1-14-13-31(6-7-32(14)25(35)36-8-2-5-27)24(34)15-3-4-17-18(26)12-21(30-22(17)11-15)16-9-19(28)23(33)20(29)10-16/h3-4,9-12,14,33H,2,5-8,13H2,1H3/t14-/m1/s1. The van der Waals surface area contributed by atoms with Crippen molar-refractivity contribution >= 4 is 34.5 Å². The van der Waals surface area contributed by atoms with Crippen LogP contribution in [0.15, 0.2) is 36.4 Å². The zero-order chi connectivity index (χ0) is 26.0. The van der Waals surface area contributed by atoms with Crippen LogP contribution >= 0.6 is 11.6 Å². The molecule has 0 bridgehead atoms. The summed E-state index contributed by atoms with van der Waals surface area (Å²) in [5.41, 5.74) is 0.924. The molecule has 1 aliphatic rings. The Kier molecular flexibility index (Phi) is 7.53. The fourth-order valence-corrected chi connectivity index (χ4v) is 4.34. The van der Waals surface area contributed by atoms with Crippen molar-refractivity contribution in [3.8, 4) is 17.0 Å². The highest BCUT2D eigenvalue weighted by Gasteiger charge is 2.31. The van der Waals surface area contributed by atoms with Gasteiger partial charge in [0.05, 0.1) is 29.5 Å². The van der Waals surface area contributed by atoms with Crippen molar-refractivity contribution in [3.63, 3.8) is 0 Å². The molecule has 3 aromatic rings. The number of aromatic hydroxyl groups is 1. The van der Waals surface area contributed by atoms with Crippen LogP contribution < -0.4 is 0 Å². The maximum atomic E-state index is 13.9. The van der Waals surface area contributed by atoms with Gasteiger partial charge in [-0.05, 0) is 37.3 Å². The number of rotatable bonds is 5. The third kappa shape index (κ3) is 5.18. The normalized spacial score (nSPS) is 15.9. The summed E-state index contributed by atoms with van der Waals surface area (Å²) in [5, 5.41) is 10.2. The van der Waals surface area contributed by atoms with Gasteiger partial charge in [0.15, 0.2) is 17.4 Å². The van der Waals surface area contributed by atoms with Gasteiger partial charge >= 0.3 is 6.09 Å². The van der Waals surface area contributed by atoms with E-state index in [1.165, 1.54) is 11.0 Å². The molecule has 7 nitrogen and oxygen atoms in total. The lowest BCUT2D eigenvalue weighted by molar-refractivity contribution is 0.0405. The molecule has 11 heteroatoms. The number of hydrogen-bond donors (Lipinski definition) is 1. The predicted molar refractivity (Wildman–Crippen MR) is 128 cm³/mol. The van der Waals surface area contributed by atoms with Crippen LogP contribution in [0.3, 0.4) is 0 Å². The maximum absolute atomic E-state index is 13.9. The molecule has 1 saturated heterocycles. The molecule has 4 rings (SSSR count). The van der Waals surface area contributed by atoms with Crippen molar-refractivity contribution in [3.05, 3.63) is 58.6 Å². The van der Waals surface area contributed by atoms with E-state index in [1.54, 1.807) is 30.0 Å². The molecular weight excluding hydrogens is 499 g/mol. The summed E-state index contributed by atoms with van der Waals surface area (Å²) in [6.45, 7) is 2.04. The van der Waals surface area contributed by atoms with Crippen LogP contribution in [0.25, 0.3) is 22.2 Å². The summed E-state index contributed by atoms with van der Waals surface area (Å²) >= 11 is 6.37. The van der Waals surface area contributed by atoms with Gasteiger partial charge in [-0.25, -0.2) is 18.6 Å². The van der Waals surface area contributed by atoms with E-state index in [4.69, 9.17) is 16.3 Å². The first-order valence-electron chi connectivity index (χ1n) is 11.3. The van der Waals surface area contributed by atoms with E-state index in [0.717, 1.165) is 12.1 Å². The zero-order valence-corrected chi connectivity index (χ0v) is 20.1. The summed E-state index contributed by atoms with van der Waals surface area (Å²) in [7, 11) is 0. The third-order valence-electron chi connectivity index (χ3n) is 5.97. The average Bonchev–Trinajstić information content (AvgIpc) is 2.86. The number of fused-ring (bicyclic) bond motifs is 1. The molecular formula is C25H23ClF3N3O4. The molecule has 0 radical (unpaired) electrons. The first kappa shape index (κ1) is 25.6. The smallest absolute Gasteiger partial charge is 0.410 e. The van der Waals surface area contributed by atoms with Crippen LogP contribution in [0.2, 0.25) is 5.02 Å². The Morgan fingerprint density at radius 2 is 1.89 bits per heavy atom. The van der Waals surface area contributed by atoms with Crippen LogP contribution in [-0.4, -0.2) is 70.8 Å². The number of amides is 2. The lowest BCUT2D eigenvalue weighted by Gasteiger charge is -2.39. The van der Waals surface area contributed by atoms with E-state index < -0.39 is 30.2 Å². The minimum absolute atomic E-state index is 0.000732. The molecule has 1 aliphatic heterocycles. The number of carbonyl (C=O) groups is 2. The number of piperazine rings is 1. The van der Waals surface area contributed by atoms with E-state index >= 15 is 0 Å². The van der Waals surface area contributed by atoms with Gasteiger partial charge in [-0.1, -0.05) is 17.7 Å². The molecule has 1 aromatic heterocycles. The van der Waals surface area contributed by atoms with Gasteiger partial charge in [-0.2, -0.15) is 0 Å². The van der Waals surface area contributed by atoms with Crippen molar-refractivity contribution in [1.82, 2.24) is 14.8 Å².